The van der Waals surface area contributed by atoms with Crippen LogP contribution < -0.4 is 5.32 Å². The highest BCUT2D eigenvalue weighted by Crippen LogP contribution is 2.31. The number of nitrogens with one attached hydrogen (secondary N) is 1. The molecule has 0 unspecified atom stereocenters. The second-order valence-electron chi connectivity index (χ2n) is 5.63. The van der Waals surface area contributed by atoms with Gasteiger partial charge in [0.05, 0.1) is 24.1 Å². The third-order valence-electron chi connectivity index (χ3n) is 3.97. The number of hydrogen-bond acceptors (Lipinski definition) is 7. The van der Waals surface area contributed by atoms with Gasteiger partial charge in [0, 0.05) is 30.2 Å². The first-order valence-corrected chi connectivity index (χ1v) is 10.0. The van der Waals surface area contributed by atoms with Crippen LogP contribution in [0.3, 0.4) is 0 Å². The van der Waals surface area contributed by atoms with E-state index in [9.17, 15) is 13.2 Å². The van der Waals surface area contributed by atoms with Crippen LogP contribution in [-0.4, -0.2) is 35.1 Å². The Labute approximate surface area is 153 Å². The number of carbonyl (C=O) groups is 1. The van der Waals surface area contributed by atoms with Crippen LogP contribution >= 0.6 is 11.3 Å². The van der Waals surface area contributed by atoms with E-state index in [1.807, 2.05) is 0 Å². The van der Waals surface area contributed by atoms with Gasteiger partial charge in [-0.15, -0.1) is 11.3 Å². The molecule has 26 heavy (non-hydrogen) atoms. The standard InChI is InChI=1S/C16H14N4O4S2/c21-15(11-4-7-24-10-11)19-16-18-13-3-6-20(9-14(13)25-16)26(22,23)12-2-1-5-17-8-12/h1-2,4-5,7-8,10H,3,6,9H2,(H,18,19,21). The number of furan rings is 1. The number of fused-ring (bicyclic) bond motifs is 1. The maximum absolute atomic E-state index is 12.7. The molecular weight excluding hydrogens is 376 g/mol. The third-order valence-corrected chi connectivity index (χ3v) is 6.80. The van der Waals surface area contributed by atoms with Crippen LogP contribution in [0.1, 0.15) is 20.9 Å². The highest BCUT2D eigenvalue weighted by atomic mass is 32.2. The number of nitrogens with zero attached hydrogens (tertiary/aromatic N) is 3. The number of rotatable bonds is 4. The highest BCUT2D eigenvalue weighted by Gasteiger charge is 2.30. The number of thiazole rings is 1. The number of sulfonamides is 1. The van der Waals surface area contributed by atoms with Crippen molar-refractivity contribution in [1.29, 1.82) is 0 Å². The molecular formula is C16H14N4O4S2. The molecule has 3 aromatic rings. The van der Waals surface area contributed by atoms with Gasteiger partial charge in [-0.1, -0.05) is 0 Å². The van der Waals surface area contributed by atoms with Crippen molar-refractivity contribution in [2.75, 3.05) is 11.9 Å². The molecule has 1 aliphatic heterocycles. The fraction of sp³-hybridized carbons (Fsp3) is 0.188. The largest absolute Gasteiger partial charge is 0.472 e. The van der Waals surface area contributed by atoms with E-state index in [2.05, 4.69) is 15.3 Å². The van der Waals surface area contributed by atoms with Crippen molar-refractivity contribution in [1.82, 2.24) is 14.3 Å². The molecule has 4 heterocycles. The van der Waals surface area contributed by atoms with Crippen LogP contribution in [0, 0.1) is 0 Å². The lowest BCUT2D eigenvalue weighted by atomic mass is 10.2. The van der Waals surface area contributed by atoms with Crippen molar-refractivity contribution in [3.05, 3.63) is 59.3 Å². The lowest BCUT2D eigenvalue weighted by Gasteiger charge is -2.25. The van der Waals surface area contributed by atoms with Gasteiger partial charge in [-0.3, -0.25) is 15.1 Å². The molecule has 0 aliphatic carbocycles. The number of hydrogen-bond donors (Lipinski definition) is 1. The fourth-order valence-corrected chi connectivity index (χ4v) is 5.12. The summed E-state index contributed by atoms with van der Waals surface area (Å²) in [6, 6.07) is 4.69. The zero-order valence-electron chi connectivity index (χ0n) is 13.5. The molecule has 0 atom stereocenters. The summed E-state index contributed by atoms with van der Waals surface area (Å²) in [4.78, 5) is 21.4. The number of amides is 1. The van der Waals surface area contributed by atoms with Crippen molar-refractivity contribution in [2.45, 2.75) is 17.9 Å². The normalized spacial score (nSPS) is 14.8. The minimum Gasteiger partial charge on any atom is -0.472 e. The molecule has 10 heteroatoms. The molecule has 3 aromatic heterocycles. The monoisotopic (exact) mass is 390 g/mol. The molecule has 0 aromatic carbocycles. The van der Waals surface area contributed by atoms with Crippen molar-refractivity contribution in [3.8, 4) is 0 Å². The Bertz CT molecular complexity index is 1030. The van der Waals surface area contributed by atoms with Crippen LogP contribution in [-0.2, 0) is 23.0 Å². The number of anilines is 1. The average molecular weight is 390 g/mol. The van der Waals surface area contributed by atoms with E-state index in [0.717, 1.165) is 10.6 Å². The zero-order valence-corrected chi connectivity index (χ0v) is 15.1. The summed E-state index contributed by atoms with van der Waals surface area (Å²) in [6.45, 7) is 0.564. The highest BCUT2D eigenvalue weighted by molar-refractivity contribution is 7.89. The quantitative estimate of drug-likeness (QED) is 0.732. The predicted octanol–water partition coefficient (Wildman–Crippen LogP) is 2.13. The summed E-state index contributed by atoms with van der Waals surface area (Å²) in [6.07, 6.45) is 6.14. The summed E-state index contributed by atoms with van der Waals surface area (Å²) in [5.41, 5.74) is 1.22. The first kappa shape index (κ1) is 16.9. The van der Waals surface area contributed by atoms with Crippen molar-refractivity contribution in [3.63, 3.8) is 0 Å². The summed E-state index contributed by atoms with van der Waals surface area (Å²) in [7, 11) is -3.60. The number of aromatic nitrogens is 2. The Morgan fingerprint density at radius 1 is 1.35 bits per heavy atom. The molecule has 0 saturated heterocycles. The third kappa shape index (κ3) is 3.14. The van der Waals surface area contributed by atoms with Crippen molar-refractivity contribution < 1.29 is 17.6 Å². The lowest BCUT2D eigenvalue weighted by molar-refractivity contribution is 0.102. The van der Waals surface area contributed by atoms with Gasteiger partial charge in [-0.25, -0.2) is 13.4 Å². The van der Waals surface area contributed by atoms with Crippen LogP contribution in [0.25, 0.3) is 0 Å². The molecule has 8 nitrogen and oxygen atoms in total. The minimum atomic E-state index is -3.60. The topological polar surface area (TPSA) is 105 Å². The number of carbonyl (C=O) groups excluding carboxylic acids is 1. The van der Waals surface area contributed by atoms with E-state index >= 15 is 0 Å². The van der Waals surface area contributed by atoms with E-state index in [1.165, 1.54) is 46.6 Å². The van der Waals surface area contributed by atoms with Gasteiger partial charge in [0.1, 0.15) is 11.2 Å². The smallest absolute Gasteiger partial charge is 0.260 e. The second kappa shape index (κ2) is 6.63. The van der Waals surface area contributed by atoms with Crippen LogP contribution in [0.2, 0.25) is 0 Å². The van der Waals surface area contributed by atoms with Gasteiger partial charge >= 0.3 is 0 Å². The van der Waals surface area contributed by atoms with Gasteiger partial charge < -0.3 is 4.42 Å². The second-order valence-corrected chi connectivity index (χ2v) is 8.65. The SMILES string of the molecule is O=C(Nc1nc2c(s1)CN(S(=O)(=O)c1cccnc1)CC2)c1ccoc1. The van der Waals surface area contributed by atoms with Crippen LogP contribution in [0.4, 0.5) is 5.13 Å². The minimum absolute atomic E-state index is 0.168. The summed E-state index contributed by atoms with van der Waals surface area (Å²) >= 11 is 1.28. The molecule has 0 saturated carbocycles. The lowest BCUT2D eigenvalue weighted by Crippen LogP contribution is -2.35. The van der Waals surface area contributed by atoms with Gasteiger partial charge in [0.2, 0.25) is 10.0 Å². The van der Waals surface area contributed by atoms with Gasteiger partial charge in [-0.05, 0) is 18.2 Å². The van der Waals surface area contributed by atoms with Crippen LogP contribution in [0.15, 0.2) is 52.4 Å². The Balaban J connectivity index is 1.53. The average Bonchev–Trinajstić information content (AvgIpc) is 3.31. The Morgan fingerprint density at radius 2 is 2.23 bits per heavy atom. The van der Waals surface area contributed by atoms with Gasteiger partial charge in [-0.2, -0.15) is 4.31 Å². The molecule has 1 amide bonds. The molecule has 0 bridgehead atoms. The first-order valence-electron chi connectivity index (χ1n) is 7.76. The van der Waals surface area contributed by atoms with E-state index in [-0.39, 0.29) is 17.3 Å². The molecule has 0 spiro atoms. The molecule has 4 rings (SSSR count). The van der Waals surface area contributed by atoms with Gasteiger partial charge in [0.25, 0.3) is 5.91 Å². The molecule has 134 valence electrons. The Hall–Kier alpha value is -2.56. The van der Waals surface area contributed by atoms with E-state index in [4.69, 9.17) is 4.42 Å². The Morgan fingerprint density at radius 3 is 2.96 bits per heavy atom. The molecule has 0 fully saturated rings. The molecule has 1 N–H and O–H groups in total. The molecule has 0 radical (unpaired) electrons. The van der Waals surface area contributed by atoms with Crippen LogP contribution in [0.5, 0.6) is 0 Å². The maximum atomic E-state index is 12.7. The van der Waals surface area contributed by atoms with E-state index < -0.39 is 10.0 Å². The summed E-state index contributed by atoms with van der Waals surface area (Å²) < 4.78 is 31.8. The Kier molecular flexibility index (Phi) is 4.31. The zero-order chi connectivity index (χ0) is 18.1. The number of pyridine rings is 1. The maximum Gasteiger partial charge on any atom is 0.260 e. The van der Waals surface area contributed by atoms with Gasteiger partial charge in [0.15, 0.2) is 5.13 Å². The summed E-state index contributed by atoms with van der Waals surface area (Å²) in [5.74, 6) is -0.315. The van der Waals surface area contributed by atoms with Crippen molar-refractivity contribution >= 4 is 32.4 Å². The predicted molar refractivity (Wildman–Crippen MR) is 94.3 cm³/mol. The van der Waals surface area contributed by atoms with Crippen molar-refractivity contribution in [2.24, 2.45) is 0 Å². The molecule has 1 aliphatic rings. The fourth-order valence-electron chi connectivity index (χ4n) is 2.64. The van der Waals surface area contributed by atoms with E-state index in [1.54, 1.807) is 12.1 Å². The first-order chi connectivity index (χ1) is 12.5. The summed E-state index contributed by atoms with van der Waals surface area (Å²) in [5, 5.41) is 3.16. The van der Waals surface area contributed by atoms with E-state index in [0.29, 0.717) is 23.7 Å².